The summed E-state index contributed by atoms with van der Waals surface area (Å²) in [5, 5.41) is 0.470. The van der Waals surface area contributed by atoms with E-state index >= 15 is 0 Å². The first-order valence-corrected chi connectivity index (χ1v) is 5.57. The Morgan fingerprint density at radius 2 is 1.74 bits per heavy atom. The van der Waals surface area contributed by atoms with E-state index in [0.29, 0.717) is 10.6 Å². The van der Waals surface area contributed by atoms with Crippen molar-refractivity contribution in [1.29, 1.82) is 0 Å². The van der Waals surface area contributed by atoms with Gasteiger partial charge in [0.05, 0.1) is 0 Å². The lowest BCUT2D eigenvalue weighted by atomic mass is 10.2. The summed E-state index contributed by atoms with van der Waals surface area (Å²) in [5.41, 5.74) is 0.595. The quantitative estimate of drug-likeness (QED) is 0.611. The standard InChI is InChI=1S/C13H10FNO4/c14-10-4-1-9(2-5-10)3-8-13(18)19-15-11(16)6-7-12(15)17/h1-5,8H,6-7H2. The SMILES string of the molecule is O=C(C=Cc1ccc(F)cc1)ON1C(=O)CCC1=O. The molecule has 98 valence electrons. The number of carbonyl (C=O) groups is 3. The fraction of sp³-hybridized carbons (Fsp3) is 0.154. The van der Waals surface area contributed by atoms with E-state index in [0.717, 1.165) is 6.08 Å². The number of nitrogens with zero attached hydrogens (tertiary/aromatic N) is 1. The van der Waals surface area contributed by atoms with E-state index in [1.165, 1.54) is 30.3 Å². The van der Waals surface area contributed by atoms with Crippen molar-refractivity contribution < 1.29 is 23.6 Å². The largest absolute Gasteiger partial charge is 0.356 e. The van der Waals surface area contributed by atoms with E-state index in [9.17, 15) is 18.8 Å². The molecule has 2 amide bonds. The Morgan fingerprint density at radius 1 is 1.16 bits per heavy atom. The molecule has 5 nitrogen and oxygen atoms in total. The number of carbonyl (C=O) groups excluding carboxylic acids is 3. The maximum Gasteiger partial charge on any atom is 0.356 e. The number of rotatable bonds is 3. The molecular formula is C13H10FNO4. The zero-order valence-corrected chi connectivity index (χ0v) is 9.84. The van der Waals surface area contributed by atoms with Crippen LogP contribution in [-0.2, 0) is 19.2 Å². The first-order chi connectivity index (χ1) is 9.06. The Hall–Kier alpha value is -2.50. The van der Waals surface area contributed by atoms with Gasteiger partial charge in [-0.2, -0.15) is 0 Å². The number of imide groups is 1. The van der Waals surface area contributed by atoms with E-state index < -0.39 is 17.8 Å². The molecule has 0 unspecified atom stereocenters. The lowest BCUT2D eigenvalue weighted by molar-refractivity contribution is -0.193. The van der Waals surface area contributed by atoms with E-state index in [1.807, 2.05) is 0 Å². The van der Waals surface area contributed by atoms with Crippen LogP contribution in [0.4, 0.5) is 4.39 Å². The van der Waals surface area contributed by atoms with Crippen LogP contribution in [0.15, 0.2) is 30.3 Å². The third-order valence-electron chi connectivity index (χ3n) is 2.47. The number of amides is 2. The second kappa shape index (κ2) is 5.43. The number of halogens is 1. The third-order valence-corrected chi connectivity index (χ3v) is 2.47. The van der Waals surface area contributed by atoms with E-state index in [2.05, 4.69) is 4.84 Å². The highest BCUT2D eigenvalue weighted by Gasteiger charge is 2.32. The molecule has 1 saturated heterocycles. The Kier molecular flexibility index (Phi) is 3.70. The molecule has 1 aliphatic rings. The summed E-state index contributed by atoms with van der Waals surface area (Å²) in [6, 6.07) is 5.45. The van der Waals surface area contributed by atoms with Gasteiger partial charge in [0.1, 0.15) is 5.82 Å². The second-order valence-electron chi connectivity index (χ2n) is 3.88. The van der Waals surface area contributed by atoms with Crippen molar-refractivity contribution in [3.05, 3.63) is 41.7 Å². The molecule has 6 heteroatoms. The van der Waals surface area contributed by atoms with Gasteiger partial charge in [-0.05, 0) is 23.8 Å². The van der Waals surface area contributed by atoms with Crippen molar-refractivity contribution >= 4 is 23.9 Å². The minimum absolute atomic E-state index is 0.0494. The van der Waals surface area contributed by atoms with Gasteiger partial charge in [-0.1, -0.05) is 12.1 Å². The molecule has 1 fully saturated rings. The normalized spacial score (nSPS) is 15.3. The molecule has 0 radical (unpaired) electrons. The van der Waals surface area contributed by atoms with Gasteiger partial charge >= 0.3 is 5.97 Å². The number of hydrogen-bond donors (Lipinski definition) is 0. The molecule has 0 saturated carbocycles. The van der Waals surface area contributed by atoms with Gasteiger partial charge in [0.15, 0.2) is 0 Å². The Labute approximate surface area is 108 Å². The number of hydrogen-bond acceptors (Lipinski definition) is 4. The van der Waals surface area contributed by atoms with Crippen LogP contribution < -0.4 is 0 Å². The van der Waals surface area contributed by atoms with E-state index in [1.54, 1.807) is 0 Å². The fourth-order valence-electron chi connectivity index (χ4n) is 1.52. The van der Waals surface area contributed by atoms with Crippen LogP contribution in [0.3, 0.4) is 0 Å². The molecule has 0 aromatic heterocycles. The molecule has 19 heavy (non-hydrogen) atoms. The zero-order valence-electron chi connectivity index (χ0n) is 9.84. The Morgan fingerprint density at radius 3 is 2.32 bits per heavy atom. The average Bonchev–Trinajstić information content (AvgIpc) is 2.70. The van der Waals surface area contributed by atoms with Crippen LogP contribution in [0.25, 0.3) is 6.08 Å². The fourth-order valence-corrected chi connectivity index (χ4v) is 1.52. The van der Waals surface area contributed by atoms with Crippen molar-refractivity contribution in [2.75, 3.05) is 0 Å². The number of benzene rings is 1. The van der Waals surface area contributed by atoms with Crippen molar-refractivity contribution in [1.82, 2.24) is 5.06 Å². The molecule has 0 atom stereocenters. The van der Waals surface area contributed by atoms with Crippen LogP contribution in [-0.4, -0.2) is 22.8 Å². The smallest absolute Gasteiger partial charge is 0.326 e. The average molecular weight is 263 g/mol. The van der Waals surface area contributed by atoms with Crippen molar-refractivity contribution in [2.24, 2.45) is 0 Å². The minimum Gasteiger partial charge on any atom is -0.326 e. The Balaban J connectivity index is 1.96. The molecule has 0 aliphatic carbocycles. The van der Waals surface area contributed by atoms with Crippen molar-refractivity contribution in [3.8, 4) is 0 Å². The van der Waals surface area contributed by atoms with Crippen molar-refractivity contribution in [2.45, 2.75) is 12.8 Å². The summed E-state index contributed by atoms with van der Waals surface area (Å²) in [6.07, 6.45) is 2.56. The first-order valence-electron chi connectivity index (χ1n) is 5.57. The molecule has 1 aromatic rings. The van der Waals surface area contributed by atoms with Gasteiger partial charge in [-0.3, -0.25) is 9.59 Å². The van der Waals surface area contributed by atoms with Gasteiger partial charge < -0.3 is 4.84 Å². The summed E-state index contributed by atoms with van der Waals surface area (Å²) >= 11 is 0. The van der Waals surface area contributed by atoms with Crippen LogP contribution >= 0.6 is 0 Å². The number of hydroxylamine groups is 2. The third kappa shape index (κ3) is 3.25. The molecule has 1 aliphatic heterocycles. The van der Waals surface area contributed by atoms with Crippen LogP contribution in [0, 0.1) is 5.82 Å². The highest BCUT2D eigenvalue weighted by molar-refractivity contribution is 6.02. The summed E-state index contributed by atoms with van der Waals surface area (Å²) < 4.78 is 12.6. The highest BCUT2D eigenvalue weighted by Crippen LogP contribution is 2.12. The summed E-state index contributed by atoms with van der Waals surface area (Å²) in [7, 11) is 0. The maximum absolute atomic E-state index is 12.6. The first kappa shape index (κ1) is 12.9. The molecule has 0 bridgehead atoms. The summed E-state index contributed by atoms with van der Waals surface area (Å²) in [5.74, 6) is -2.29. The molecule has 0 spiro atoms. The summed E-state index contributed by atoms with van der Waals surface area (Å²) in [6.45, 7) is 0. The van der Waals surface area contributed by atoms with Gasteiger partial charge in [0.25, 0.3) is 11.8 Å². The monoisotopic (exact) mass is 263 g/mol. The molecule has 1 heterocycles. The van der Waals surface area contributed by atoms with Crippen molar-refractivity contribution in [3.63, 3.8) is 0 Å². The molecule has 0 N–H and O–H groups in total. The van der Waals surface area contributed by atoms with Gasteiger partial charge in [-0.15, -0.1) is 5.06 Å². The Bertz CT molecular complexity index is 534. The van der Waals surface area contributed by atoms with E-state index in [4.69, 9.17) is 0 Å². The maximum atomic E-state index is 12.6. The summed E-state index contributed by atoms with van der Waals surface area (Å²) in [4.78, 5) is 38.4. The predicted octanol–water partition coefficient (Wildman–Crippen LogP) is 1.45. The predicted molar refractivity (Wildman–Crippen MR) is 62.6 cm³/mol. The van der Waals surface area contributed by atoms with Crippen LogP contribution in [0.1, 0.15) is 18.4 Å². The van der Waals surface area contributed by atoms with Crippen LogP contribution in [0.5, 0.6) is 0 Å². The van der Waals surface area contributed by atoms with Gasteiger partial charge in [0, 0.05) is 18.9 Å². The second-order valence-corrected chi connectivity index (χ2v) is 3.88. The van der Waals surface area contributed by atoms with Crippen LogP contribution in [0.2, 0.25) is 0 Å². The lowest BCUT2D eigenvalue weighted by Crippen LogP contribution is -2.31. The van der Waals surface area contributed by atoms with Gasteiger partial charge in [0.2, 0.25) is 0 Å². The zero-order chi connectivity index (χ0) is 13.8. The molecule has 1 aromatic carbocycles. The highest BCUT2D eigenvalue weighted by atomic mass is 19.1. The molecular weight excluding hydrogens is 253 g/mol. The lowest BCUT2D eigenvalue weighted by Gasteiger charge is -2.10. The molecule has 2 rings (SSSR count). The van der Waals surface area contributed by atoms with E-state index in [-0.39, 0.29) is 18.7 Å². The topological polar surface area (TPSA) is 63.7 Å². The minimum atomic E-state index is -0.840. The van der Waals surface area contributed by atoms with Gasteiger partial charge in [-0.25, -0.2) is 9.18 Å².